The first-order chi connectivity index (χ1) is 10.2. The van der Waals surface area contributed by atoms with E-state index in [0.717, 1.165) is 31.2 Å². The van der Waals surface area contributed by atoms with Gasteiger partial charge in [0.1, 0.15) is 0 Å². The van der Waals surface area contributed by atoms with E-state index in [2.05, 4.69) is 0 Å². The molecular weight excluding hydrogens is 260 g/mol. The number of ketones is 1. The lowest BCUT2D eigenvalue weighted by atomic mass is 9.79. The molecule has 1 aliphatic rings. The smallest absolute Gasteiger partial charge is 0.193 e. The van der Waals surface area contributed by atoms with Gasteiger partial charge in [-0.05, 0) is 18.4 Å². The standard InChI is InChI=1S/C19H20O2/c20-18(15-7-3-1-4-8-15)16-9-11-17(12-10-16)19(21)13-5-2-6-14-19/h1,3-4,7-12,21H,2,5-6,13-14H2. The van der Waals surface area contributed by atoms with Crippen molar-refractivity contribution in [2.75, 3.05) is 0 Å². The Morgan fingerprint density at radius 1 is 0.810 bits per heavy atom. The highest BCUT2D eigenvalue weighted by atomic mass is 16.3. The van der Waals surface area contributed by atoms with Gasteiger partial charge in [-0.25, -0.2) is 0 Å². The maximum atomic E-state index is 12.4. The molecule has 108 valence electrons. The van der Waals surface area contributed by atoms with Crippen LogP contribution in [0.5, 0.6) is 0 Å². The van der Waals surface area contributed by atoms with Gasteiger partial charge in [0, 0.05) is 11.1 Å². The first-order valence-electron chi connectivity index (χ1n) is 7.62. The van der Waals surface area contributed by atoms with Gasteiger partial charge in [-0.3, -0.25) is 4.79 Å². The lowest BCUT2D eigenvalue weighted by Gasteiger charge is -2.32. The second kappa shape index (κ2) is 5.82. The van der Waals surface area contributed by atoms with Crippen LogP contribution in [0.15, 0.2) is 54.6 Å². The first kappa shape index (κ1) is 14.0. The summed E-state index contributed by atoms with van der Waals surface area (Å²) in [6.45, 7) is 0. The zero-order valence-corrected chi connectivity index (χ0v) is 12.1. The fraction of sp³-hybridized carbons (Fsp3) is 0.316. The summed E-state index contributed by atoms with van der Waals surface area (Å²) in [5.41, 5.74) is 1.60. The van der Waals surface area contributed by atoms with E-state index in [1.165, 1.54) is 6.42 Å². The van der Waals surface area contributed by atoms with Crippen molar-refractivity contribution in [3.05, 3.63) is 71.3 Å². The molecule has 2 nitrogen and oxygen atoms in total. The van der Waals surface area contributed by atoms with Crippen LogP contribution in [0.4, 0.5) is 0 Å². The molecule has 0 bridgehead atoms. The SMILES string of the molecule is O=C(c1ccccc1)c1ccc(C2(O)CCCCC2)cc1. The number of benzene rings is 2. The van der Waals surface area contributed by atoms with E-state index >= 15 is 0 Å². The van der Waals surface area contributed by atoms with E-state index in [1.54, 1.807) is 0 Å². The Labute approximate surface area is 125 Å². The molecule has 0 saturated heterocycles. The minimum atomic E-state index is -0.702. The lowest BCUT2D eigenvalue weighted by Crippen LogP contribution is -2.28. The summed E-state index contributed by atoms with van der Waals surface area (Å²) in [4.78, 5) is 12.4. The second-order valence-corrected chi connectivity index (χ2v) is 5.86. The van der Waals surface area contributed by atoms with Crippen LogP contribution in [0.25, 0.3) is 0 Å². The van der Waals surface area contributed by atoms with E-state index < -0.39 is 5.60 Å². The number of aliphatic hydroxyl groups is 1. The van der Waals surface area contributed by atoms with E-state index in [-0.39, 0.29) is 5.78 Å². The Hall–Kier alpha value is -1.93. The normalized spacial score (nSPS) is 17.4. The van der Waals surface area contributed by atoms with Crippen LogP contribution >= 0.6 is 0 Å². The molecule has 0 spiro atoms. The van der Waals surface area contributed by atoms with Crippen molar-refractivity contribution in [2.45, 2.75) is 37.7 Å². The van der Waals surface area contributed by atoms with Crippen molar-refractivity contribution in [2.24, 2.45) is 0 Å². The molecule has 0 aromatic heterocycles. The quantitative estimate of drug-likeness (QED) is 0.861. The Balaban J connectivity index is 1.83. The third-order valence-corrected chi connectivity index (χ3v) is 4.40. The number of hydrogen-bond donors (Lipinski definition) is 1. The van der Waals surface area contributed by atoms with Crippen LogP contribution in [-0.2, 0) is 5.60 Å². The van der Waals surface area contributed by atoms with E-state index in [0.29, 0.717) is 11.1 Å². The van der Waals surface area contributed by atoms with Gasteiger partial charge < -0.3 is 5.11 Å². The molecule has 0 amide bonds. The highest BCUT2D eigenvalue weighted by molar-refractivity contribution is 6.08. The fourth-order valence-corrected chi connectivity index (χ4v) is 3.11. The average molecular weight is 280 g/mol. The Morgan fingerprint density at radius 3 is 2.00 bits per heavy atom. The molecule has 1 aliphatic carbocycles. The van der Waals surface area contributed by atoms with Crippen molar-refractivity contribution in [3.8, 4) is 0 Å². The zero-order chi connectivity index (χ0) is 14.7. The van der Waals surface area contributed by atoms with Gasteiger partial charge in [0.15, 0.2) is 5.78 Å². The summed E-state index contributed by atoms with van der Waals surface area (Å²) in [5.74, 6) is 0.0257. The first-order valence-corrected chi connectivity index (χ1v) is 7.62. The van der Waals surface area contributed by atoms with Crippen molar-refractivity contribution in [1.29, 1.82) is 0 Å². The van der Waals surface area contributed by atoms with Crippen molar-refractivity contribution in [1.82, 2.24) is 0 Å². The van der Waals surface area contributed by atoms with Gasteiger partial charge in [0.2, 0.25) is 0 Å². The maximum absolute atomic E-state index is 12.4. The predicted octanol–water partition coefficient (Wildman–Crippen LogP) is 4.07. The van der Waals surface area contributed by atoms with Crippen LogP contribution in [0.3, 0.4) is 0 Å². The predicted molar refractivity (Wildman–Crippen MR) is 83.3 cm³/mol. The molecule has 0 heterocycles. The van der Waals surface area contributed by atoms with Crippen LogP contribution < -0.4 is 0 Å². The molecule has 1 saturated carbocycles. The van der Waals surface area contributed by atoms with Crippen LogP contribution in [0.1, 0.15) is 53.6 Å². The summed E-state index contributed by atoms with van der Waals surface area (Å²) in [5, 5.41) is 10.7. The molecule has 0 atom stereocenters. The summed E-state index contributed by atoms with van der Waals surface area (Å²) in [7, 11) is 0. The van der Waals surface area contributed by atoms with Gasteiger partial charge in [0.05, 0.1) is 5.60 Å². The van der Waals surface area contributed by atoms with E-state index in [9.17, 15) is 9.90 Å². The van der Waals surface area contributed by atoms with Crippen molar-refractivity contribution in [3.63, 3.8) is 0 Å². The van der Waals surface area contributed by atoms with Gasteiger partial charge in [-0.15, -0.1) is 0 Å². The average Bonchev–Trinajstić information content (AvgIpc) is 2.56. The highest BCUT2D eigenvalue weighted by Gasteiger charge is 2.30. The second-order valence-electron chi connectivity index (χ2n) is 5.86. The third-order valence-electron chi connectivity index (χ3n) is 4.40. The minimum absolute atomic E-state index is 0.0257. The third kappa shape index (κ3) is 2.91. The van der Waals surface area contributed by atoms with Crippen LogP contribution in [0, 0.1) is 0 Å². The van der Waals surface area contributed by atoms with Gasteiger partial charge in [-0.1, -0.05) is 73.9 Å². The van der Waals surface area contributed by atoms with Gasteiger partial charge in [-0.2, -0.15) is 0 Å². The molecule has 3 rings (SSSR count). The molecule has 2 heteroatoms. The summed E-state index contributed by atoms with van der Waals surface area (Å²) in [6, 6.07) is 16.8. The molecule has 21 heavy (non-hydrogen) atoms. The highest BCUT2D eigenvalue weighted by Crippen LogP contribution is 2.36. The molecule has 1 N–H and O–H groups in total. The molecule has 0 radical (unpaired) electrons. The minimum Gasteiger partial charge on any atom is -0.385 e. The largest absolute Gasteiger partial charge is 0.385 e. The van der Waals surface area contributed by atoms with Gasteiger partial charge >= 0.3 is 0 Å². The molecule has 0 unspecified atom stereocenters. The van der Waals surface area contributed by atoms with Crippen molar-refractivity contribution >= 4 is 5.78 Å². The Kier molecular flexibility index (Phi) is 3.89. The molecular formula is C19H20O2. The summed E-state index contributed by atoms with van der Waals surface area (Å²) in [6.07, 6.45) is 4.98. The number of hydrogen-bond acceptors (Lipinski definition) is 2. The number of carbonyl (C=O) groups excluding carboxylic acids is 1. The van der Waals surface area contributed by atoms with Crippen LogP contribution in [0.2, 0.25) is 0 Å². The zero-order valence-electron chi connectivity index (χ0n) is 12.1. The maximum Gasteiger partial charge on any atom is 0.193 e. The van der Waals surface area contributed by atoms with Crippen LogP contribution in [-0.4, -0.2) is 10.9 Å². The van der Waals surface area contributed by atoms with E-state index in [1.807, 2.05) is 54.6 Å². The molecule has 2 aromatic rings. The number of carbonyl (C=O) groups is 1. The summed E-state index contributed by atoms with van der Waals surface area (Å²) < 4.78 is 0. The molecule has 1 fully saturated rings. The van der Waals surface area contributed by atoms with Crippen molar-refractivity contribution < 1.29 is 9.90 Å². The molecule has 2 aromatic carbocycles. The monoisotopic (exact) mass is 280 g/mol. The van der Waals surface area contributed by atoms with E-state index in [4.69, 9.17) is 0 Å². The fourth-order valence-electron chi connectivity index (χ4n) is 3.11. The summed E-state index contributed by atoms with van der Waals surface area (Å²) >= 11 is 0. The molecule has 0 aliphatic heterocycles. The van der Waals surface area contributed by atoms with Gasteiger partial charge in [0.25, 0.3) is 0 Å². The lowest BCUT2D eigenvalue weighted by molar-refractivity contribution is -0.000644. The number of rotatable bonds is 3. The topological polar surface area (TPSA) is 37.3 Å². The Bertz CT molecular complexity index is 608. The Morgan fingerprint density at radius 2 is 1.38 bits per heavy atom.